The minimum absolute atomic E-state index is 0. The highest BCUT2D eigenvalue weighted by molar-refractivity contribution is 4.68. The van der Waals surface area contributed by atoms with E-state index in [1.807, 2.05) is 0 Å². The second-order valence-corrected chi connectivity index (χ2v) is 7.25. The lowest BCUT2D eigenvalue weighted by molar-refractivity contribution is -0.917. The Balaban J connectivity index is -0.000000200. The molecule has 0 aliphatic rings. The maximum atomic E-state index is 2.24. The van der Waals surface area contributed by atoms with Gasteiger partial charge in [0.2, 0.25) is 0 Å². The van der Waals surface area contributed by atoms with Crippen LogP contribution in [0, 0.1) is 0 Å². The highest BCUT2D eigenvalue weighted by Crippen LogP contribution is 2.14. The summed E-state index contributed by atoms with van der Waals surface area (Å²) in [7, 11) is 10.8. The Morgan fingerprint density at radius 3 is 0.875 bits per heavy atom. The molecule has 0 atom stereocenters. The van der Waals surface area contributed by atoms with Crippen LogP contribution < -0.4 is 0 Å². The summed E-state index contributed by atoms with van der Waals surface area (Å²) >= 11 is 0. The fourth-order valence-electron chi connectivity index (χ4n) is 0. The zero-order valence-electron chi connectivity index (χ0n) is 12.9. The molecule has 0 fully saturated rings. The van der Waals surface area contributed by atoms with Gasteiger partial charge in [-0.15, -0.1) is 0 Å². The summed E-state index contributed by atoms with van der Waals surface area (Å²) in [6.07, 6.45) is 0. The van der Waals surface area contributed by atoms with Gasteiger partial charge in [-0.1, -0.05) is 7.43 Å². The Hall–Kier alpha value is -0.0800. The first-order valence-electron chi connectivity index (χ1n) is 5.68. The summed E-state index contributed by atoms with van der Waals surface area (Å²) in [5.41, 5.74) is 0.708. The molecule has 0 aliphatic heterocycles. The quantitative estimate of drug-likeness (QED) is 0.579. The fourth-order valence-corrected chi connectivity index (χ4v) is 0. The van der Waals surface area contributed by atoms with E-state index in [0.717, 1.165) is 4.48 Å². The summed E-state index contributed by atoms with van der Waals surface area (Å²) in [5.74, 6) is 0. The van der Waals surface area contributed by atoms with Gasteiger partial charge in [-0.05, 0) is 55.6 Å². The molecular formula is C14H37N2+. The standard InChI is InChI=1S/C7H18N.C6H15N.CH4/c1-7(2,3)8(4,5)6;1-6(2,3)7(4)5;/h1-6H3;1-5H3;1H4/q+1;;. The van der Waals surface area contributed by atoms with E-state index in [9.17, 15) is 0 Å². The van der Waals surface area contributed by atoms with Gasteiger partial charge in [0.1, 0.15) is 0 Å². The minimum atomic E-state index is 0. The third-order valence-electron chi connectivity index (χ3n) is 3.35. The van der Waals surface area contributed by atoms with Crippen LogP contribution in [-0.4, -0.2) is 55.7 Å². The predicted molar refractivity (Wildman–Crippen MR) is 78.0 cm³/mol. The van der Waals surface area contributed by atoms with Crippen LogP contribution in [0.1, 0.15) is 49.0 Å². The third-order valence-corrected chi connectivity index (χ3v) is 3.35. The van der Waals surface area contributed by atoms with E-state index in [-0.39, 0.29) is 7.43 Å². The van der Waals surface area contributed by atoms with Crippen molar-refractivity contribution in [2.75, 3.05) is 35.2 Å². The van der Waals surface area contributed by atoms with Crippen molar-refractivity contribution in [1.82, 2.24) is 4.90 Å². The Kier molecular flexibility index (Phi) is 8.77. The number of rotatable bonds is 0. The second-order valence-electron chi connectivity index (χ2n) is 7.25. The molecule has 0 saturated carbocycles. The molecule has 0 aliphatic carbocycles. The van der Waals surface area contributed by atoms with E-state index in [0.29, 0.717) is 11.1 Å². The molecule has 0 N–H and O–H groups in total. The van der Waals surface area contributed by atoms with Crippen LogP contribution in [0.15, 0.2) is 0 Å². The lowest BCUT2D eigenvalue weighted by Crippen LogP contribution is -2.50. The number of hydrogen-bond acceptors (Lipinski definition) is 1. The zero-order valence-corrected chi connectivity index (χ0v) is 12.9. The molecule has 0 spiro atoms. The summed E-state index contributed by atoms with van der Waals surface area (Å²) in [4.78, 5) is 2.19. The lowest BCUT2D eigenvalue weighted by atomic mass is 10.1. The van der Waals surface area contributed by atoms with Crippen LogP contribution in [0.2, 0.25) is 0 Å². The molecular weight excluding hydrogens is 196 g/mol. The first-order chi connectivity index (χ1) is 6.19. The molecule has 0 aromatic heterocycles. The van der Waals surface area contributed by atoms with E-state index in [2.05, 4.69) is 81.7 Å². The molecule has 2 nitrogen and oxygen atoms in total. The smallest absolute Gasteiger partial charge is 0.0901 e. The summed E-state index contributed by atoms with van der Waals surface area (Å²) in [6, 6.07) is 0. The fraction of sp³-hybridized carbons (Fsp3) is 1.00. The Bertz CT molecular complexity index is 151. The molecule has 0 aromatic rings. The Morgan fingerprint density at radius 1 is 0.750 bits per heavy atom. The van der Waals surface area contributed by atoms with Crippen molar-refractivity contribution in [3.05, 3.63) is 0 Å². The lowest BCUT2D eigenvalue weighted by Gasteiger charge is -2.38. The SMILES string of the molecule is C.CC(C)(C)[N+](C)(C)C.CN(C)C(C)(C)C. The van der Waals surface area contributed by atoms with Gasteiger partial charge in [0.05, 0.1) is 26.7 Å². The van der Waals surface area contributed by atoms with Crippen LogP contribution in [-0.2, 0) is 0 Å². The van der Waals surface area contributed by atoms with Crippen molar-refractivity contribution in [2.45, 2.75) is 60.0 Å². The summed E-state index contributed by atoms with van der Waals surface area (Å²) < 4.78 is 1.02. The second kappa shape index (κ2) is 6.61. The molecule has 0 amide bonds. The van der Waals surface area contributed by atoms with Crippen LogP contribution in [0.5, 0.6) is 0 Å². The van der Waals surface area contributed by atoms with E-state index in [1.165, 1.54) is 0 Å². The molecule has 0 unspecified atom stereocenters. The third kappa shape index (κ3) is 10.4. The number of quaternary nitrogens is 1. The number of hydrogen-bond donors (Lipinski definition) is 0. The van der Waals surface area contributed by atoms with Crippen LogP contribution in [0.3, 0.4) is 0 Å². The molecule has 0 saturated heterocycles. The normalized spacial score (nSPS) is 12.8. The van der Waals surface area contributed by atoms with E-state index in [1.54, 1.807) is 0 Å². The van der Waals surface area contributed by atoms with Crippen LogP contribution in [0.4, 0.5) is 0 Å². The van der Waals surface area contributed by atoms with Crippen molar-refractivity contribution < 1.29 is 4.48 Å². The van der Waals surface area contributed by atoms with Gasteiger partial charge in [0.25, 0.3) is 0 Å². The topological polar surface area (TPSA) is 3.24 Å². The van der Waals surface area contributed by atoms with Crippen LogP contribution in [0.25, 0.3) is 0 Å². The average Bonchev–Trinajstić information content (AvgIpc) is 1.80. The highest BCUT2D eigenvalue weighted by Gasteiger charge is 2.25. The van der Waals surface area contributed by atoms with Gasteiger partial charge in [-0.3, -0.25) is 0 Å². The molecule has 0 heterocycles. The maximum Gasteiger partial charge on any atom is 0.0901 e. The molecule has 0 radical (unpaired) electrons. The van der Waals surface area contributed by atoms with E-state index in [4.69, 9.17) is 0 Å². The molecule has 0 aromatic carbocycles. The minimum Gasteiger partial charge on any atom is -0.327 e. The van der Waals surface area contributed by atoms with Gasteiger partial charge in [0.15, 0.2) is 0 Å². The average molecular weight is 233 g/mol. The van der Waals surface area contributed by atoms with Gasteiger partial charge >= 0.3 is 0 Å². The van der Waals surface area contributed by atoms with Gasteiger partial charge in [-0.25, -0.2) is 0 Å². The van der Waals surface area contributed by atoms with Gasteiger partial charge in [0, 0.05) is 5.54 Å². The summed E-state index contributed by atoms with van der Waals surface area (Å²) in [5, 5.41) is 0. The molecule has 102 valence electrons. The maximum absolute atomic E-state index is 2.24. The first-order valence-corrected chi connectivity index (χ1v) is 5.68. The zero-order chi connectivity index (χ0) is 13.1. The molecule has 2 heteroatoms. The van der Waals surface area contributed by atoms with E-state index < -0.39 is 0 Å². The Labute approximate surface area is 105 Å². The number of nitrogens with zero attached hydrogens (tertiary/aromatic N) is 2. The van der Waals surface area contributed by atoms with Crippen molar-refractivity contribution in [2.24, 2.45) is 0 Å². The Morgan fingerprint density at radius 2 is 0.875 bits per heavy atom. The molecule has 0 bridgehead atoms. The molecule has 0 rings (SSSR count). The van der Waals surface area contributed by atoms with Crippen LogP contribution >= 0.6 is 0 Å². The van der Waals surface area contributed by atoms with Crippen molar-refractivity contribution in [1.29, 1.82) is 0 Å². The highest BCUT2D eigenvalue weighted by atomic mass is 15.3. The largest absolute Gasteiger partial charge is 0.327 e. The summed E-state index contributed by atoms with van der Waals surface area (Å²) in [6.45, 7) is 13.3. The van der Waals surface area contributed by atoms with Gasteiger partial charge in [-0.2, -0.15) is 0 Å². The van der Waals surface area contributed by atoms with Crippen molar-refractivity contribution >= 4 is 0 Å². The van der Waals surface area contributed by atoms with E-state index >= 15 is 0 Å². The molecule has 16 heavy (non-hydrogen) atoms. The van der Waals surface area contributed by atoms with Crippen molar-refractivity contribution in [3.8, 4) is 0 Å². The first kappa shape index (κ1) is 21.2. The predicted octanol–water partition coefficient (Wildman–Crippen LogP) is 3.47. The van der Waals surface area contributed by atoms with Crippen molar-refractivity contribution in [3.63, 3.8) is 0 Å². The monoisotopic (exact) mass is 233 g/mol. The van der Waals surface area contributed by atoms with Gasteiger partial charge < -0.3 is 9.38 Å².